The van der Waals surface area contributed by atoms with E-state index in [0.29, 0.717) is 6.54 Å². The van der Waals surface area contributed by atoms with Crippen LogP contribution < -0.4 is 5.32 Å². The van der Waals surface area contributed by atoms with E-state index in [2.05, 4.69) is 34.2 Å². The molecule has 0 fully saturated rings. The molecule has 2 N–H and O–H groups in total. The summed E-state index contributed by atoms with van der Waals surface area (Å²) in [6.07, 6.45) is 0. The largest absolute Gasteiger partial charge is 0.389 e. The molecule has 0 radical (unpaired) electrons. The first-order valence-electron chi connectivity index (χ1n) is 4.56. The fraction of sp³-hybridized carbons (Fsp3) is 0.600. The molecule has 1 aromatic heterocycles. The highest BCUT2D eigenvalue weighted by Gasteiger charge is 2.11. The van der Waals surface area contributed by atoms with Crippen molar-refractivity contribution in [3.63, 3.8) is 0 Å². The molecule has 1 heterocycles. The second-order valence-corrected chi connectivity index (χ2v) is 6.23. The zero-order valence-electron chi connectivity index (χ0n) is 8.72. The summed E-state index contributed by atoms with van der Waals surface area (Å²) in [5, 5.41) is 12.7. The van der Waals surface area contributed by atoms with Gasteiger partial charge in [-0.2, -0.15) is 0 Å². The maximum absolute atomic E-state index is 9.49. The Morgan fingerprint density at radius 3 is 2.64 bits per heavy atom. The molecule has 2 nitrogen and oxygen atoms in total. The summed E-state index contributed by atoms with van der Waals surface area (Å²) in [6.45, 7) is 7.13. The maximum Gasteiger partial charge on any atom is 0.0715 e. The summed E-state index contributed by atoms with van der Waals surface area (Å²) in [5.74, 6) is 0. The van der Waals surface area contributed by atoms with Crippen LogP contribution in [0.5, 0.6) is 0 Å². The normalized spacial score (nSPS) is 12.1. The van der Waals surface area contributed by atoms with Gasteiger partial charge in [0.05, 0.1) is 5.60 Å². The van der Waals surface area contributed by atoms with Crippen molar-refractivity contribution < 1.29 is 5.11 Å². The monoisotopic (exact) mass is 277 g/mol. The Kier molecular flexibility index (Phi) is 4.13. The van der Waals surface area contributed by atoms with Crippen LogP contribution in [0.3, 0.4) is 0 Å². The Hall–Kier alpha value is 0.100. The highest BCUT2D eigenvalue weighted by molar-refractivity contribution is 9.10. The highest BCUT2D eigenvalue weighted by atomic mass is 79.9. The number of hydrogen-bond acceptors (Lipinski definition) is 3. The molecule has 0 spiro atoms. The number of nitrogens with one attached hydrogen (secondary N) is 1. The fourth-order valence-electron chi connectivity index (χ4n) is 1.10. The Bertz CT molecular complexity index is 284. The Balaban J connectivity index is 2.39. The average Bonchev–Trinajstić information content (AvgIpc) is 2.28. The molecule has 0 aliphatic carbocycles. The van der Waals surface area contributed by atoms with Gasteiger partial charge in [0.2, 0.25) is 0 Å². The van der Waals surface area contributed by atoms with Crippen LogP contribution in [0, 0.1) is 6.92 Å². The molecule has 0 amide bonds. The highest BCUT2D eigenvalue weighted by Crippen LogP contribution is 2.26. The topological polar surface area (TPSA) is 32.3 Å². The van der Waals surface area contributed by atoms with Gasteiger partial charge in [0, 0.05) is 27.3 Å². The third-order valence-electron chi connectivity index (χ3n) is 1.77. The number of aryl methyl sites for hydroxylation is 1. The lowest BCUT2D eigenvalue weighted by Gasteiger charge is -2.17. The smallest absolute Gasteiger partial charge is 0.0715 e. The summed E-state index contributed by atoms with van der Waals surface area (Å²) in [5.41, 5.74) is -0.635. The molecule has 1 rings (SSSR count). The molecule has 0 aliphatic rings. The second kappa shape index (κ2) is 4.75. The van der Waals surface area contributed by atoms with Crippen molar-refractivity contribution in [2.24, 2.45) is 0 Å². The van der Waals surface area contributed by atoms with Crippen LogP contribution in [-0.4, -0.2) is 17.3 Å². The molecule has 0 bridgehead atoms. The van der Waals surface area contributed by atoms with Crippen molar-refractivity contribution in [2.45, 2.75) is 32.9 Å². The van der Waals surface area contributed by atoms with Gasteiger partial charge in [0.1, 0.15) is 0 Å². The van der Waals surface area contributed by atoms with Crippen molar-refractivity contribution in [2.75, 3.05) is 6.54 Å². The fourth-order valence-corrected chi connectivity index (χ4v) is 2.67. The Morgan fingerprint density at radius 1 is 1.57 bits per heavy atom. The number of rotatable bonds is 4. The zero-order valence-corrected chi connectivity index (χ0v) is 11.1. The van der Waals surface area contributed by atoms with Gasteiger partial charge in [-0.1, -0.05) is 0 Å². The van der Waals surface area contributed by atoms with Crippen LogP contribution >= 0.6 is 27.3 Å². The molecule has 0 saturated heterocycles. The molecule has 4 heteroatoms. The van der Waals surface area contributed by atoms with Crippen LogP contribution in [0.4, 0.5) is 0 Å². The number of aliphatic hydroxyl groups is 1. The van der Waals surface area contributed by atoms with E-state index < -0.39 is 5.60 Å². The summed E-state index contributed by atoms with van der Waals surface area (Å²) in [4.78, 5) is 2.59. The van der Waals surface area contributed by atoms with Gasteiger partial charge in [-0.25, -0.2) is 0 Å². The molecule has 1 aromatic rings. The van der Waals surface area contributed by atoms with Gasteiger partial charge in [0.25, 0.3) is 0 Å². The number of halogens is 1. The van der Waals surface area contributed by atoms with E-state index in [1.54, 1.807) is 25.2 Å². The molecule has 0 atom stereocenters. The van der Waals surface area contributed by atoms with Crippen LogP contribution in [0.25, 0.3) is 0 Å². The zero-order chi connectivity index (χ0) is 10.8. The van der Waals surface area contributed by atoms with Crippen molar-refractivity contribution in [3.05, 3.63) is 20.3 Å². The molecule has 80 valence electrons. The van der Waals surface area contributed by atoms with E-state index in [0.717, 1.165) is 6.54 Å². The minimum absolute atomic E-state index is 0.613. The van der Waals surface area contributed by atoms with Crippen molar-refractivity contribution in [3.8, 4) is 0 Å². The van der Waals surface area contributed by atoms with Crippen LogP contribution in [0.1, 0.15) is 23.6 Å². The van der Waals surface area contributed by atoms with Gasteiger partial charge in [-0.05, 0) is 42.8 Å². The number of hydrogen-bond donors (Lipinski definition) is 2. The van der Waals surface area contributed by atoms with Gasteiger partial charge in [-0.3, -0.25) is 0 Å². The van der Waals surface area contributed by atoms with E-state index >= 15 is 0 Å². The van der Waals surface area contributed by atoms with Crippen molar-refractivity contribution in [1.82, 2.24) is 5.32 Å². The molecular weight excluding hydrogens is 262 g/mol. The first-order valence-corrected chi connectivity index (χ1v) is 6.17. The lowest BCUT2D eigenvalue weighted by Crippen LogP contribution is -2.34. The van der Waals surface area contributed by atoms with Gasteiger partial charge in [0.15, 0.2) is 0 Å². The molecule has 0 aromatic carbocycles. The Morgan fingerprint density at radius 2 is 2.21 bits per heavy atom. The van der Waals surface area contributed by atoms with Crippen LogP contribution in [0.15, 0.2) is 10.5 Å². The van der Waals surface area contributed by atoms with Gasteiger partial charge < -0.3 is 10.4 Å². The lowest BCUT2D eigenvalue weighted by molar-refractivity contribution is 0.0796. The van der Waals surface area contributed by atoms with E-state index in [4.69, 9.17) is 0 Å². The van der Waals surface area contributed by atoms with Crippen molar-refractivity contribution in [1.29, 1.82) is 0 Å². The van der Waals surface area contributed by atoms with Gasteiger partial charge in [-0.15, -0.1) is 11.3 Å². The van der Waals surface area contributed by atoms with E-state index in [-0.39, 0.29) is 0 Å². The second-order valence-electron chi connectivity index (χ2n) is 4.03. The summed E-state index contributed by atoms with van der Waals surface area (Å²) in [7, 11) is 0. The van der Waals surface area contributed by atoms with E-state index in [1.165, 1.54) is 14.2 Å². The first kappa shape index (κ1) is 12.2. The first-order chi connectivity index (χ1) is 6.38. The number of thiophene rings is 1. The Labute approximate surface area is 97.5 Å². The van der Waals surface area contributed by atoms with Crippen molar-refractivity contribution >= 4 is 27.3 Å². The summed E-state index contributed by atoms with van der Waals surface area (Å²) < 4.78 is 1.17. The minimum Gasteiger partial charge on any atom is -0.389 e. The predicted octanol–water partition coefficient (Wildman–Crippen LogP) is 2.68. The molecule has 14 heavy (non-hydrogen) atoms. The van der Waals surface area contributed by atoms with E-state index in [9.17, 15) is 5.11 Å². The van der Waals surface area contributed by atoms with Crippen LogP contribution in [0.2, 0.25) is 0 Å². The molecule has 0 aliphatic heterocycles. The third-order valence-corrected chi connectivity index (χ3v) is 3.90. The average molecular weight is 278 g/mol. The molecule has 0 saturated carbocycles. The minimum atomic E-state index is -0.635. The lowest BCUT2D eigenvalue weighted by atomic mass is 10.1. The van der Waals surface area contributed by atoms with Crippen LogP contribution in [-0.2, 0) is 6.54 Å². The van der Waals surface area contributed by atoms with E-state index in [1.807, 2.05) is 0 Å². The molecular formula is C10H16BrNOS. The standard InChI is InChI=1S/C10H16BrNOS/c1-7-9(11)4-8(14-7)5-12-6-10(2,3)13/h4,12-13H,5-6H2,1-3H3. The molecule has 0 unspecified atom stereocenters. The third kappa shape index (κ3) is 4.09. The summed E-state index contributed by atoms with van der Waals surface area (Å²) >= 11 is 5.25. The summed E-state index contributed by atoms with van der Waals surface area (Å²) in [6, 6.07) is 2.12. The SMILES string of the molecule is Cc1sc(CNCC(C)(C)O)cc1Br. The maximum atomic E-state index is 9.49. The quantitative estimate of drug-likeness (QED) is 0.887. The predicted molar refractivity (Wildman–Crippen MR) is 64.8 cm³/mol. The van der Waals surface area contributed by atoms with Gasteiger partial charge >= 0.3 is 0 Å².